The number of hydrogen-bond acceptors (Lipinski definition) is 14. The number of hydrogen-bond donors (Lipinski definition) is 2. The van der Waals surface area contributed by atoms with Crippen molar-refractivity contribution in [3.8, 4) is 23.0 Å². The molecule has 0 bridgehead atoms. The van der Waals surface area contributed by atoms with Gasteiger partial charge in [0.2, 0.25) is 11.8 Å². The van der Waals surface area contributed by atoms with Crippen molar-refractivity contribution in [3.05, 3.63) is 95.1 Å². The Bertz CT molecular complexity index is 2530. The first-order chi connectivity index (χ1) is 41.3. The number of fused-ring (bicyclic) bond motifs is 2. The Balaban J connectivity index is 0.000000246. The summed E-state index contributed by atoms with van der Waals surface area (Å²) < 4.78 is 46.5. The molecule has 16 nitrogen and oxygen atoms in total. The summed E-state index contributed by atoms with van der Waals surface area (Å²) in [6, 6.07) is 11.2. The fraction of sp³-hybridized carbons (Fsp3) is 0.657. The third-order valence-electron chi connectivity index (χ3n) is 19.9. The highest BCUT2D eigenvalue weighted by Crippen LogP contribution is 2.49. The minimum Gasteiger partial charge on any atom is -0.493 e. The summed E-state index contributed by atoms with van der Waals surface area (Å²) in [7, 11) is 9.82. The zero-order valence-electron chi connectivity index (χ0n) is 53.9. The van der Waals surface area contributed by atoms with Gasteiger partial charge >= 0.3 is 11.9 Å². The van der Waals surface area contributed by atoms with Crippen molar-refractivity contribution in [2.45, 2.75) is 194 Å². The third-order valence-corrected chi connectivity index (χ3v) is 19.9. The summed E-state index contributed by atoms with van der Waals surface area (Å²) >= 11 is 0. The molecule has 476 valence electrons. The van der Waals surface area contributed by atoms with Crippen LogP contribution in [0.25, 0.3) is 0 Å². The highest BCUT2D eigenvalue weighted by Gasteiger charge is 2.50. The van der Waals surface area contributed by atoms with Gasteiger partial charge in [-0.05, 0) is 134 Å². The molecule has 0 unspecified atom stereocenters. The third kappa shape index (κ3) is 15.8. The molecule has 6 aliphatic rings. The molecule has 2 aliphatic heterocycles. The maximum absolute atomic E-state index is 13.3. The predicted octanol–water partition coefficient (Wildman–Crippen LogP) is 11.4. The van der Waals surface area contributed by atoms with Crippen LogP contribution in [0.2, 0.25) is 0 Å². The number of allylic oxidation sites excluding steroid dienone is 4. The summed E-state index contributed by atoms with van der Waals surface area (Å²) in [5, 5.41) is 21.2. The first-order valence-corrected chi connectivity index (χ1v) is 31.9. The van der Waals surface area contributed by atoms with E-state index in [1.165, 1.54) is 11.1 Å². The Morgan fingerprint density at radius 3 is 1.20 bits per heavy atom. The molecule has 2 aromatic carbocycles. The molecular formula is C70H102N2O14. The van der Waals surface area contributed by atoms with Crippen LogP contribution in [0.15, 0.2) is 84.0 Å². The number of piperidine rings is 2. The second kappa shape index (κ2) is 31.5. The second-order valence-electron chi connectivity index (χ2n) is 25.2. The fourth-order valence-electron chi connectivity index (χ4n) is 15.0. The molecule has 16 heteroatoms. The average Bonchev–Trinajstić information content (AvgIpc) is 1.22. The van der Waals surface area contributed by atoms with E-state index < -0.39 is 12.2 Å². The number of carbonyl (C=O) groups excluding carboxylic acids is 4. The molecule has 4 aliphatic carbocycles. The largest absolute Gasteiger partial charge is 0.493 e. The normalized spacial score (nSPS) is 30.6. The van der Waals surface area contributed by atoms with Gasteiger partial charge < -0.3 is 57.9 Å². The van der Waals surface area contributed by atoms with Crippen LogP contribution >= 0.6 is 0 Å². The quantitative estimate of drug-likeness (QED) is 0.0944. The number of likely N-dealkylation sites (tertiary alicyclic amines) is 2. The van der Waals surface area contributed by atoms with Crippen molar-refractivity contribution in [3.63, 3.8) is 0 Å². The molecule has 2 saturated heterocycles. The standard InChI is InChI=1S/2C35H51NO7/c2*1-8-24(9-2)35(39)43-34-32-25(16-22(4)33(34)42-7)12-10-21(3)28(32)14-13-26-18-27(37)19-31(38)36(26)20-23-11-15-29(40-5)30(17-23)41-6/h2*10-12,15-17,21-22,24,26-28,32-34,37H,8-9,13-14,18-20H2,1-7H3/t21-,22-,26+,27+,28-,32-,33-,34+;21-,22-,26-,27+,28-,32-,33-,34+/m00/s1. The molecule has 2 N–H and O–H groups in total. The first kappa shape index (κ1) is 67.8. The van der Waals surface area contributed by atoms with Crippen molar-refractivity contribution < 1.29 is 67.3 Å². The van der Waals surface area contributed by atoms with Crippen LogP contribution in [0.1, 0.15) is 144 Å². The lowest BCUT2D eigenvalue weighted by Gasteiger charge is -2.47. The number of methoxy groups -OCH3 is 6. The van der Waals surface area contributed by atoms with E-state index in [2.05, 4.69) is 64.2 Å². The highest BCUT2D eigenvalue weighted by atomic mass is 16.6. The first-order valence-electron chi connectivity index (χ1n) is 31.9. The average molecular weight is 1200 g/mol. The van der Waals surface area contributed by atoms with E-state index in [1.54, 1.807) is 42.7 Å². The number of aliphatic hydroxyl groups is 2. The smallest absolute Gasteiger partial charge is 0.309 e. The molecule has 0 spiro atoms. The summed E-state index contributed by atoms with van der Waals surface area (Å²) in [5.41, 5.74) is 4.30. The topological polar surface area (TPSA) is 189 Å². The van der Waals surface area contributed by atoms with E-state index in [-0.39, 0.29) is 132 Å². The van der Waals surface area contributed by atoms with Crippen molar-refractivity contribution in [1.29, 1.82) is 0 Å². The number of benzene rings is 2. The lowest BCUT2D eigenvalue weighted by Crippen LogP contribution is -2.51. The van der Waals surface area contributed by atoms with E-state index in [9.17, 15) is 29.4 Å². The van der Waals surface area contributed by atoms with Crippen LogP contribution in [0.3, 0.4) is 0 Å². The van der Waals surface area contributed by atoms with Crippen molar-refractivity contribution in [1.82, 2.24) is 9.80 Å². The Morgan fingerprint density at radius 1 is 0.512 bits per heavy atom. The molecular weight excluding hydrogens is 1090 g/mol. The van der Waals surface area contributed by atoms with Gasteiger partial charge in [0.1, 0.15) is 24.4 Å². The van der Waals surface area contributed by atoms with Crippen molar-refractivity contribution in [2.24, 2.45) is 59.2 Å². The van der Waals surface area contributed by atoms with Gasteiger partial charge in [0, 0.05) is 63.1 Å². The molecule has 0 saturated carbocycles. The summed E-state index contributed by atoms with van der Waals surface area (Å²) in [5.74, 6) is 3.01. The predicted molar refractivity (Wildman–Crippen MR) is 331 cm³/mol. The minimum atomic E-state index is -0.652. The second-order valence-corrected chi connectivity index (χ2v) is 25.2. The molecule has 2 aromatic rings. The summed E-state index contributed by atoms with van der Waals surface area (Å²) in [6.07, 6.45) is 18.4. The van der Waals surface area contributed by atoms with Crippen LogP contribution in [-0.2, 0) is 51.2 Å². The van der Waals surface area contributed by atoms with Crippen LogP contribution < -0.4 is 18.9 Å². The van der Waals surface area contributed by atoms with E-state index in [0.29, 0.717) is 48.9 Å². The number of amides is 2. The SMILES string of the molecule is CCC(CC)C(=O)O[C@H]1[C@@H](OC)[C@@H](C)C=C2C=C[C@H](C)[C@H](CC[C@@H]3C[C@@H](O)CC(=O)N3Cc3ccc(OC)c(OC)c3)[C@H]21.CCC(CC)C(=O)O[C@H]1[C@@H](OC)[C@@H](C)C=C2C=C[C@H](C)[C@H](CC[C@H]3C[C@@H](O)CC(=O)N3Cc3ccc(OC)c(OC)c3)[C@H]21. The molecule has 2 fully saturated rings. The highest BCUT2D eigenvalue weighted by molar-refractivity contribution is 5.79. The Kier molecular flexibility index (Phi) is 24.8. The van der Waals surface area contributed by atoms with Crippen molar-refractivity contribution >= 4 is 23.8 Å². The number of nitrogens with zero attached hydrogens (tertiary/aromatic N) is 2. The van der Waals surface area contributed by atoms with Gasteiger partial charge in [-0.25, -0.2) is 0 Å². The number of ether oxygens (including phenoxy) is 8. The molecule has 0 aromatic heterocycles. The van der Waals surface area contributed by atoms with Gasteiger partial charge in [0.05, 0.1) is 65.3 Å². The summed E-state index contributed by atoms with van der Waals surface area (Å²) in [4.78, 5) is 56.9. The molecule has 8 rings (SSSR count). The Labute approximate surface area is 513 Å². The van der Waals surface area contributed by atoms with E-state index >= 15 is 0 Å². The van der Waals surface area contributed by atoms with Crippen LogP contribution in [0.5, 0.6) is 23.0 Å². The van der Waals surface area contributed by atoms with Gasteiger partial charge in [-0.2, -0.15) is 0 Å². The van der Waals surface area contributed by atoms with Gasteiger partial charge in [-0.15, -0.1) is 0 Å². The van der Waals surface area contributed by atoms with Gasteiger partial charge in [-0.3, -0.25) is 19.2 Å². The van der Waals surface area contributed by atoms with E-state index in [4.69, 9.17) is 37.9 Å². The lowest BCUT2D eigenvalue weighted by atomic mass is 9.64. The van der Waals surface area contributed by atoms with Crippen molar-refractivity contribution in [2.75, 3.05) is 42.7 Å². The van der Waals surface area contributed by atoms with Crippen LogP contribution in [0.4, 0.5) is 0 Å². The maximum atomic E-state index is 13.3. The fourth-order valence-corrected chi connectivity index (χ4v) is 15.0. The van der Waals surface area contributed by atoms with Gasteiger partial charge in [0.15, 0.2) is 23.0 Å². The Hall–Kier alpha value is -5.68. The van der Waals surface area contributed by atoms with Gasteiger partial charge in [0.25, 0.3) is 0 Å². The summed E-state index contributed by atoms with van der Waals surface area (Å²) in [6.45, 7) is 17.7. The van der Waals surface area contributed by atoms with Gasteiger partial charge in [-0.1, -0.05) is 104 Å². The lowest BCUT2D eigenvalue weighted by molar-refractivity contribution is -0.172. The van der Waals surface area contributed by atoms with E-state index in [0.717, 1.165) is 62.5 Å². The molecule has 0 radical (unpaired) electrons. The monoisotopic (exact) mass is 1190 g/mol. The van der Waals surface area contributed by atoms with Crippen LogP contribution in [0, 0.1) is 59.2 Å². The number of rotatable bonds is 24. The Morgan fingerprint density at radius 2 is 0.872 bits per heavy atom. The molecule has 2 heterocycles. The minimum absolute atomic E-state index is 0.00276. The van der Waals surface area contributed by atoms with E-state index in [1.807, 2.05) is 73.9 Å². The molecule has 16 atom stereocenters. The zero-order chi connectivity index (χ0) is 62.5. The number of carbonyl (C=O) groups is 4. The van der Waals surface area contributed by atoms with Crippen LogP contribution in [-0.4, -0.2) is 135 Å². The molecule has 86 heavy (non-hydrogen) atoms. The molecule has 2 amide bonds. The maximum Gasteiger partial charge on any atom is 0.309 e. The zero-order valence-corrected chi connectivity index (χ0v) is 53.9. The number of aliphatic hydroxyl groups excluding tert-OH is 2. The number of esters is 2.